The molecule has 0 aliphatic rings. The minimum Gasteiger partial charge on any atom is -0.212 e. The summed E-state index contributed by atoms with van der Waals surface area (Å²) in [7, 11) is 1.74. The normalized spacial score (nSPS) is 14.1. The van der Waals surface area contributed by atoms with Crippen molar-refractivity contribution in [1.29, 1.82) is 0 Å². The molecule has 0 radical (unpaired) electrons. The molecule has 0 amide bonds. The second-order valence-corrected chi connectivity index (χ2v) is 5.98. The van der Waals surface area contributed by atoms with Crippen molar-refractivity contribution >= 4 is 19.7 Å². The molecule has 1 unspecified atom stereocenters. The highest BCUT2D eigenvalue weighted by Gasteiger charge is 2.19. The zero-order chi connectivity index (χ0) is 10.1. The van der Waals surface area contributed by atoms with Crippen LogP contribution in [-0.2, 0) is 9.05 Å². The maximum Gasteiger partial charge on any atom is 0.239 e. The van der Waals surface area contributed by atoms with Crippen molar-refractivity contribution in [2.75, 3.05) is 0 Å². The molecule has 0 spiro atoms. The van der Waals surface area contributed by atoms with Crippen LogP contribution in [0.4, 0.5) is 0 Å². The smallest absolute Gasteiger partial charge is 0.212 e. The highest BCUT2D eigenvalue weighted by Crippen LogP contribution is 2.25. The van der Waals surface area contributed by atoms with Gasteiger partial charge in [0.2, 0.25) is 9.05 Å². The molecular weight excluding hydrogens is 208 g/mol. The van der Waals surface area contributed by atoms with E-state index in [0.29, 0.717) is 0 Å². The van der Waals surface area contributed by atoms with Crippen molar-refractivity contribution in [3.63, 3.8) is 0 Å². The minimum absolute atomic E-state index is 0.644. The Hall–Kier alpha value is -0.540. The van der Waals surface area contributed by atoms with Crippen molar-refractivity contribution in [3.05, 3.63) is 35.4 Å². The monoisotopic (exact) mass is 218 g/mol. The Labute approximate surface area is 83.0 Å². The third kappa shape index (κ3) is 2.71. The fourth-order valence-electron chi connectivity index (χ4n) is 1.09. The van der Waals surface area contributed by atoms with Gasteiger partial charge in [-0.1, -0.05) is 29.8 Å². The maximum atomic E-state index is 11.0. The number of aryl methyl sites for hydroxylation is 1. The van der Waals surface area contributed by atoms with E-state index in [9.17, 15) is 8.42 Å². The van der Waals surface area contributed by atoms with Crippen LogP contribution in [0.25, 0.3) is 0 Å². The van der Waals surface area contributed by atoms with E-state index in [1.54, 1.807) is 13.0 Å². The van der Waals surface area contributed by atoms with Crippen LogP contribution in [0.1, 0.15) is 23.3 Å². The Morgan fingerprint density at radius 2 is 2.00 bits per heavy atom. The number of benzene rings is 1. The number of rotatable bonds is 2. The van der Waals surface area contributed by atoms with Gasteiger partial charge < -0.3 is 0 Å². The van der Waals surface area contributed by atoms with Gasteiger partial charge in [-0.25, -0.2) is 8.42 Å². The minimum atomic E-state index is -3.50. The van der Waals surface area contributed by atoms with Crippen molar-refractivity contribution < 1.29 is 8.42 Å². The summed E-state index contributed by atoms with van der Waals surface area (Å²) in [6, 6.07) is 7.32. The summed E-state index contributed by atoms with van der Waals surface area (Å²) < 4.78 is 22.0. The molecule has 72 valence electrons. The molecule has 1 rings (SSSR count). The van der Waals surface area contributed by atoms with E-state index in [2.05, 4.69) is 0 Å². The Bertz CT molecular complexity index is 398. The van der Waals surface area contributed by atoms with E-state index in [4.69, 9.17) is 10.7 Å². The van der Waals surface area contributed by atoms with Gasteiger partial charge in [0.15, 0.2) is 0 Å². The average molecular weight is 219 g/mol. The van der Waals surface area contributed by atoms with Gasteiger partial charge in [0.05, 0.1) is 5.25 Å². The molecule has 0 heterocycles. The van der Waals surface area contributed by atoms with Crippen LogP contribution in [0.5, 0.6) is 0 Å². The molecule has 1 aromatic rings. The first-order valence-corrected chi connectivity index (χ1v) is 6.28. The lowest BCUT2D eigenvalue weighted by Crippen LogP contribution is -2.02. The number of hydrogen-bond donors (Lipinski definition) is 0. The molecule has 0 fully saturated rings. The molecule has 0 aromatic heterocycles. The van der Waals surface area contributed by atoms with E-state index in [1.165, 1.54) is 0 Å². The number of hydrogen-bond acceptors (Lipinski definition) is 2. The number of halogens is 1. The molecule has 1 atom stereocenters. The van der Waals surface area contributed by atoms with E-state index >= 15 is 0 Å². The lowest BCUT2D eigenvalue weighted by atomic mass is 10.1. The molecule has 0 aliphatic heterocycles. The molecule has 13 heavy (non-hydrogen) atoms. The van der Waals surface area contributed by atoms with Crippen molar-refractivity contribution in [1.82, 2.24) is 0 Å². The van der Waals surface area contributed by atoms with Gasteiger partial charge >= 0.3 is 0 Å². The van der Waals surface area contributed by atoms with Crippen LogP contribution >= 0.6 is 10.7 Å². The van der Waals surface area contributed by atoms with Crippen LogP contribution < -0.4 is 0 Å². The molecule has 1 aromatic carbocycles. The Kier molecular flexibility index (Phi) is 2.98. The average Bonchev–Trinajstić information content (AvgIpc) is 2.01. The quantitative estimate of drug-likeness (QED) is 0.716. The third-order valence-corrected chi connectivity index (χ3v) is 3.85. The molecular formula is C9H11ClO2S. The summed E-state index contributed by atoms with van der Waals surface area (Å²) in [5.41, 5.74) is 1.76. The SMILES string of the molecule is Cc1cccc(C(C)S(=O)(=O)Cl)c1. The molecule has 2 nitrogen and oxygen atoms in total. The van der Waals surface area contributed by atoms with Gasteiger partial charge in [-0.15, -0.1) is 0 Å². The standard InChI is InChI=1S/C9H11ClO2S/c1-7-4-3-5-9(6-7)8(2)13(10,11)12/h3-6,8H,1-2H3. The van der Waals surface area contributed by atoms with E-state index in [1.807, 2.05) is 25.1 Å². The lowest BCUT2D eigenvalue weighted by molar-refractivity contribution is 0.600. The zero-order valence-corrected chi connectivity index (χ0v) is 9.06. The summed E-state index contributed by atoms with van der Waals surface area (Å²) in [5, 5.41) is -0.644. The van der Waals surface area contributed by atoms with Gasteiger partial charge in [0, 0.05) is 10.7 Å². The van der Waals surface area contributed by atoms with E-state index in [-0.39, 0.29) is 0 Å². The first kappa shape index (κ1) is 10.5. The zero-order valence-electron chi connectivity index (χ0n) is 7.49. The summed E-state index contributed by atoms with van der Waals surface area (Å²) in [6.07, 6.45) is 0. The first-order valence-electron chi connectivity index (χ1n) is 3.91. The molecule has 0 saturated heterocycles. The van der Waals surface area contributed by atoms with Crippen LogP contribution in [-0.4, -0.2) is 8.42 Å². The maximum absolute atomic E-state index is 11.0. The molecule has 0 aliphatic carbocycles. The van der Waals surface area contributed by atoms with Gasteiger partial charge in [-0.2, -0.15) is 0 Å². The molecule has 0 N–H and O–H groups in total. The van der Waals surface area contributed by atoms with Crippen molar-refractivity contribution in [2.24, 2.45) is 0 Å². The lowest BCUT2D eigenvalue weighted by Gasteiger charge is -2.07. The van der Waals surface area contributed by atoms with Crippen molar-refractivity contribution in [2.45, 2.75) is 19.1 Å². The summed E-state index contributed by atoms with van der Waals surface area (Å²) in [5.74, 6) is 0. The topological polar surface area (TPSA) is 34.1 Å². The predicted octanol–water partition coefficient (Wildman–Crippen LogP) is 2.62. The van der Waals surface area contributed by atoms with Gasteiger partial charge in [0.1, 0.15) is 0 Å². The van der Waals surface area contributed by atoms with Crippen LogP contribution in [0.3, 0.4) is 0 Å². The van der Waals surface area contributed by atoms with Gasteiger partial charge in [0.25, 0.3) is 0 Å². The predicted molar refractivity (Wildman–Crippen MR) is 54.4 cm³/mol. The Morgan fingerprint density at radius 1 is 1.38 bits per heavy atom. The highest BCUT2D eigenvalue weighted by atomic mass is 35.7. The second kappa shape index (κ2) is 3.68. The van der Waals surface area contributed by atoms with Gasteiger partial charge in [-0.05, 0) is 19.4 Å². The Morgan fingerprint density at radius 3 is 2.46 bits per heavy atom. The summed E-state index contributed by atoms with van der Waals surface area (Å²) in [4.78, 5) is 0. The van der Waals surface area contributed by atoms with Crippen LogP contribution in [0, 0.1) is 6.92 Å². The van der Waals surface area contributed by atoms with E-state index < -0.39 is 14.3 Å². The van der Waals surface area contributed by atoms with Crippen molar-refractivity contribution in [3.8, 4) is 0 Å². The van der Waals surface area contributed by atoms with Crippen LogP contribution in [0.2, 0.25) is 0 Å². The van der Waals surface area contributed by atoms with Gasteiger partial charge in [-0.3, -0.25) is 0 Å². The van der Waals surface area contributed by atoms with Crippen LogP contribution in [0.15, 0.2) is 24.3 Å². The first-order chi connectivity index (χ1) is 5.91. The third-order valence-electron chi connectivity index (χ3n) is 1.93. The fourth-order valence-corrected chi connectivity index (χ4v) is 1.87. The second-order valence-electron chi connectivity index (χ2n) is 3.03. The summed E-state index contributed by atoms with van der Waals surface area (Å²) >= 11 is 0. The van der Waals surface area contributed by atoms with E-state index in [0.717, 1.165) is 11.1 Å². The largest absolute Gasteiger partial charge is 0.239 e. The molecule has 0 bridgehead atoms. The molecule has 4 heteroatoms. The Balaban J connectivity index is 3.10. The highest BCUT2D eigenvalue weighted by molar-refractivity contribution is 8.13. The molecule has 0 saturated carbocycles. The fraction of sp³-hybridized carbons (Fsp3) is 0.333. The summed E-state index contributed by atoms with van der Waals surface area (Å²) in [6.45, 7) is 3.49.